The van der Waals surface area contributed by atoms with Crippen LogP contribution in [0.3, 0.4) is 0 Å². The summed E-state index contributed by atoms with van der Waals surface area (Å²) in [6.45, 7) is 2.59. The number of carboxylic acid groups (broad SMARTS) is 1. The van der Waals surface area contributed by atoms with Gasteiger partial charge in [-0.15, -0.1) is 0 Å². The Morgan fingerprint density at radius 2 is 2.33 bits per heavy atom. The summed E-state index contributed by atoms with van der Waals surface area (Å²) in [5.41, 5.74) is -0.713. The lowest BCUT2D eigenvalue weighted by molar-refractivity contribution is -0.156. The maximum absolute atomic E-state index is 10.8. The molecule has 12 heavy (non-hydrogen) atoms. The van der Waals surface area contributed by atoms with E-state index in [4.69, 9.17) is 9.84 Å². The zero-order valence-corrected chi connectivity index (χ0v) is 7.46. The van der Waals surface area contributed by atoms with Crippen LogP contribution in [-0.4, -0.2) is 36.4 Å². The second-order valence-corrected chi connectivity index (χ2v) is 3.18. The van der Waals surface area contributed by atoms with E-state index in [1.807, 2.05) is 6.92 Å². The Bertz CT molecular complexity index is 175. The standard InChI is InChI=1S/C8H15NO3/c1-3-9-8(7(10)11)4-6(5-8)12-2/h6,9H,3-5H2,1-2H3,(H,10,11). The van der Waals surface area contributed by atoms with Crippen LogP contribution in [-0.2, 0) is 9.53 Å². The molecule has 0 heterocycles. The Labute approximate surface area is 71.9 Å². The van der Waals surface area contributed by atoms with E-state index in [0.717, 1.165) is 0 Å². The molecule has 0 radical (unpaired) electrons. The maximum atomic E-state index is 10.8. The average molecular weight is 173 g/mol. The summed E-state index contributed by atoms with van der Waals surface area (Å²) in [6.07, 6.45) is 1.26. The molecule has 0 amide bonds. The van der Waals surface area contributed by atoms with Gasteiger partial charge in [-0.2, -0.15) is 0 Å². The zero-order valence-electron chi connectivity index (χ0n) is 7.46. The van der Waals surface area contributed by atoms with Crippen LogP contribution in [0.5, 0.6) is 0 Å². The third-order valence-corrected chi connectivity index (χ3v) is 2.41. The third kappa shape index (κ3) is 1.44. The molecule has 0 saturated heterocycles. The molecule has 0 aliphatic heterocycles. The van der Waals surface area contributed by atoms with Crippen molar-refractivity contribution in [3.63, 3.8) is 0 Å². The van der Waals surface area contributed by atoms with Crippen LogP contribution in [0.2, 0.25) is 0 Å². The summed E-state index contributed by atoms with van der Waals surface area (Å²) < 4.78 is 5.03. The van der Waals surface area contributed by atoms with Crippen molar-refractivity contribution in [3.05, 3.63) is 0 Å². The van der Waals surface area contributed by atoms with Gasteiger partial charge in [0.1, 0.15) is 5.54 Å². The lowest BCUT2D eigenvalue weighted by Crippen LogP contribution is -2.63. The molecule has 0 atom stereocenters. The Morgan fingerprint density at radius 1 is 1.75 bits per heavy atom. The van der Waals surface area contributed by atoms with Gasteiger partial charge in [0.05, 0.1) is 6.10 Å². The van der Waals surface area contributed by atoms with Crippen molar-refractivity contribution in [3.8, 4) is 0 Å². The van der Waals surface area contributed by atoms with E-state index in [-0.39, 0.29) is 6.10 Å². The molecule has 1 fully saturated rings. The van der Waals surface area contributed by atoms with Crippen LogP contribution in [0.4, 0.5) is 0 Å². The van der Waals surface area contributed by atoms with E-state index in [9.17, 15) is 4.79 Å². The van der Waals surface area contributed by atoms with E-state index < -0.39 is 11.5 Å². The summed E-state index contributed by atoms with van der Waals surface area (Å²) in [5.74, 6) is -0.766. The van der Waals surface area contributed by atoms with Gasteiger partial charge in [-0.25, -0.2) is 0 Å². The van der Waals surface area contributed by atoms with Gasteiger partial charge in [0, 0.05) is 20.0 Å². The molecule has 4 nitrogen and oxygen atoms in total. The minimum atomic E-state index is -0.766. The lowest BCUT2D eigenvalue weighted by atomic mass is 9.74. The average Bonchev–Trinajstić information content (AvgIpc) is 1.95. The molecular formula is C8H15NO3. The first-order valence-corrected chi connectivity index (χ1v) is 4.16. The fraction of sp³-hybridized carbons (Fsp3) is 0.875. The van der Waals surface area contributed by atoms with Crippen LogP contribution in [0.15, 0.2) is 0 Å². The van der Waals surface area contributed by atoms with Gasteiger partial charge >= 0.3 is 5.97 Å². The van der Waals surface area contributed by atoms with Crippen molar-refractivity contribution in [1.82, 2.24) is 5.32 Å². The van der Waals surface area contributed by atoms with Gasteiger partial charge in [0.25, 0.3) is 0 Å². The van der Waals surface area contributed by atoms with Crippen molar-refractivity contribution in [2.75, 3.05) is 13.7 Å². The summed E-state index contributed by atoms with van der Waals surface area (Å²) in [5, 5.41) is 11.9. The monoisotopic (exact) mass is 173 g/mol. The van der Waals surface area contributed by atoms with E-state index in [0.29, 0.717) is 19.4 Å². The molecule has 70 valence electrons. The van der Waals surface area contributed by atoms with Crippen molar-refractivity contribution in [1.29, 1.82) is 0 Å². The van der Waals surface area contributed by atoms with Gasteiger partial charge < -0.3 is 15.2 Å². The van der Waals surface area contributed by atoms with Crippen LogP contribution < -0.4 is 5.32 Å². The normalized spacial score (nSPS) is 34.3. The number of hydrogen-bond donors (Lipinski definition) is 2. The predicted octanol–water partition coefficient (Wildman–Crippen LogP) is 0.228. The number of carboxylic acids is 1. The topological polar surface area (TPSA) is 58.6 Å². The van der Waals surface area contributed by atoms with E-state index in [2.05, 4.69) is 5.32 Å². The minimum absolute atomic E-state index is 0.111. The van der Waals surface area contributed by atoms with E-state index in [1.165, 1.54) is 0 Å². The molecule has 1 aliphatic carbocycles. The van der Waals surface area contributed by atoms with Gasteiger partial charge in [-0.3, -0.25) is 4.79 Å². The molecule has 4 heteroatoms. The second kappa shape index (κ2) is 3.41. The van der Waals surface area contributed by atoms with Crippen LogP contribution in [0, 0.1) is 0 Å². The third-order valence-electron chi connectivity index (χ3n) is 2.41. The smallest absolute Gasteiger partial charge is 0.324 e. The number of rotatable bonds is 4. The SMILES string of the molecule is CCNC1(C(=O)O)CC(OC)C1. The lowest BCUT2D eigenvalue weighted by Gasteiger charge is -2.43. The summed E-state index contributed by atoms with van der Waals surface area (Å²) in [6, 6.07) is 0. The molecular weight excluding hydrogens is 158 g/mol. The van der Waals surface area contributed by atoms with Gasteiger partial charge in [0.2, 0.25) is 0 Å². The number of hydrogen-bond acceptors (Lipinski definition) is 3. The fourth-order valence-electron chi connectivity index (χ4n) is 1.62. The minimum Gasteiger partial charge on any atom is -0.480 e. The van der Waals surface area contributed by atoms with Crippen LogP contribution in [0.1, 0.15) is 19.8 Å². The van der Waals surface area contributed by atoms with Gasteiger partial charge in [-0.05, 0) is 6.54 Å². The number of likely N-dealkylation sites (N-methyl/N-ethyl adjacent to an activating group) is 1. The molecule has 0 unspecified atom stereocenters. The van der Waals surface area contributed by atoms with Crippen molar-refractivity contribution in [2.45, 2.75) is 31.4 Å². The predicted molar refractivity (Wildman–Crippen MR) is 44.1 cm³/mol. The summed E-state index contributed by atoms with van der Waals surface area (Å²) >= 11 is 0. The highest BCUT2D eigenvalue weighted by Gasteiger charge is 2.50. The Balaban J connectivity index is 2.49. The number of carbonyl (C=O) groups is 1. The number of ether oxygens (including phenoxy) is 1. The molecule has 2 N–H and O–H groups in total. The van der Waals surface area contributed by atoms with Crippen molar-refractivity contribution < 1.29 is 14.6 Å². The molecule has 1 aliphatic rings. The molecule has 1 saturated carbocycles. The largest absolute Gasteiger partial charge is 0.480 e. The van der Waals surface area contributed by atoms with Crippen molar-refractivity contribution >= 4 is 5.97 Å². The molecule has 0 aromatic carbocycles. The summed E-state index contributed by atoms with van der Waals surface area (Å²) in [7, 11) is 1.61. The fourth-order valence-corrected chi connectivity index (χ4v) is 1.62. The first-order valence-electron chi connectivity index (χ1n) is 4.16. The van der Waals surface area contributed by atoms with Crippen LogP contribution >= 0.6 is 0 Å². The highest BCUT2D eigenvalue weighted by Crippen LogP contribution is 2.34. The van der Waals surface area contributed by atoms with Gasteiger partial charge in [-0.1, -0.05) is 6.92 Å². The Morgan fingerprint density at radius 3 is 2.67 bits per heavy atom. The van der Waals surface area contributed by atoms with E-state index in [1.54, 1.807) is 7.11 Å². The first kappa shape index (κ1) is 9.48. The quantitative estimate of drug-likeness (QED) is 0.639. The summed E-state index contributed by atoms with van der Waals surface area (Å²) in [4.78, 5) is 10.8. The zero-order chi connectivity index (χ0) is 9.19. The van der Waals surface area contributed by atoms with Crippen LogP contribution in [0.25, 0.3) is 0 Å². The molecule has 0 bridgehead atoms. The molecule has 1 rings (SSSR count). The second-order valence-electron chi connectivity index (χ2n) is 3.18. The van der Waals surface area contributed by atoms with Gasteiger partial charge in [0.15, 0.2) is 0 Å². The molecule has 0 aromatic heterocycles. The van der Waals surface area contributed by atoms with Crippen molar-refractivity contribution in [2.24, 2.45) is 0 Å². The highest BCUT2D eigenvalue weighted by molar-refractivity contribution is 5.80. The number of methoxy groups -OCH3 is 1. The Kier molecular flexibility index (Phi) is 2.69. The first-order chi connectivity index (χ1) is 5.64. The number of nitrogens with one attached hydrogen (secondary N) is 1. The molecule has 0 aromatic rings. The van der Waals surface area contributed by atoms with E-state index >= 15 is 0 Å². The maximum Gasteiger partial charge on any atom is 0.324 e. The Hall–Kier alpha value is -0.610. The number of aliphatic carboxylic acids is 1. The molecule has 0 spiro atoms. The highest BCUT2D eigenvalue weighted by atomic mass is 16.5.